The van der Waals surface area contributed by atoms with Crippen LogP contribution in [0.4, 0.5) is 15.9 Å². The predicted octanol–water partition coefficient (Wildman–Crippen LogP) is 5.63. The van der Waals surface area contributed by atoms with E-state index < -0.39 is 0 Å². The average molecular weight is 423 g/mol. The Morgan fingerprint density at radius 3 is 2.48 bits per heavy atom. The van der Waals surface area contributed by atoms with Crippen molar-refractivity contribution in [2.24, 2.45) is 0 Å². The number of unbranched alkanes of at least 4 members (excludes halogenated alkanes) is 1. The minimum atomic E-state index is -0.361. The van der Waals surface area contributed by atoms with E-state index in [2.05, 4.69) is 36.7 Å². The van der Waals surface area contributed by atoms with Gasteiger partial charge in [0.15, 0.2) is 11.6 Å². The summed E-state index contributed by atoms with van der Waals surface area (Å²) in [6.45, 7) is 8.76. The van der Waals surface area contributed by atoms with Gasteiger partial charge in [0.1, 0.15) is 5.82 Å². The van der Waals surface area contributed by atoms with Crippen molar-refractivity contribution in [3.8, 4) is 11.8 Å². The van der Waals surface area contributed by atoms with E-state index in [-0.39, 0.29) is 23.8 Å². The molecule has 0 aliphatic heterocycles. The minimum Gasteiger partial charge on any atom is -0.491 e. The highest BCUT2D eigenvalue weighted by Gasteiger charge is 2.20. The molecule has 31 heavy (non-hydrogen) atoms. The van der Waals surface area contributed by atoms with E-state index in [0.717, 1.165) is 40.8 Å². The van der Waals surface area contributed by atoms with Crippen LogP contribution >= 0.6 is 0 Å². The lowest BCUT2D eigenvalue weighted by molar-refractivity contribution is -0.191. The number of nitrogens with zero attached hydrogens (tertiary/aromatic N) is 2. The molecule has 0 unspecified atom stereocenters. The van der Waals surface area contributed by atoms with Gasteiger partial charge in [-0.1, -0.05) is 19.4 Å². The molecule has 0 saturated carbocycles. The molecule has 162 valence electrons. The molecule has 0 saturated heterocycles. The normalized spacial score (nSPS) is 10.2. The lowest BCUT2D eigenvalue weighted by Crippen LogP contribution is -2.26. The molecule has 7 heteroatoms. The molecule has 0 fully saturated rings. The van der Waals surface area contributed by atoms with E-state index in [0.29, 0.717) is 12.2 Å². The third-order valence-electron chi connectivity index (χ3n) is 4.87. The van der Waals surface area contributed by atoms with Crippen molar-refractivity contribution >= 4 is 28.6 Å². The van der Waals surface area contributed by atoms with Crippen LogP contribution in [0.25, 0.3) is 10.9 Å². The van der Waals surface area contributed by atoms with Crippen LogP contribution in [0.15, 0.2) is 36.4 Å². The van der Waals surface area contributed by atoms with Crippen LogP contribution in [0.3, 0.4) is 0 Å². The fraction of sp³-hybridized carbons (Fsp3) is 0.333. The number of nitrogens with one attached hydrogen (secondary N) is 1. The fourth-order valence-corrected chi connectivity index (χ4v) is 3.40. The summed E-state index contributed by atoms with van der Waals surface area (Å²) in [7, 11) is 0. The highest BCUT2D eigenvalue weighted by atomic mass is 19.1. The van der Waals surface area contributed by atoms with Gasteiger partial charge in [-0.2, -0.15) is 14.9 Å². The first-order chi connectivity index (χ1) is 14.9. The number of aryl methyl sites for hydroxylation is 1. The Bertz CT molecular complexity index is 1110. The van der Waals surface area contributed by atoms with Crippen LogP contribution in [-0.2, 0) is 9.59 Å². The number of rotatable bonds is 7. The first-order valence-corrected chi connectivity index (χ1v) is 10.1. The zero-order valence-corrected chi connectivity index (χ0v) is 18.2. The zero-order valence-electron chi connectivity index (χ0n) is 18.2. The molecule has 3 aromatic rings. The van der Waals surface area contributed by atoms with Gasteiger partial charge < -0.3 is 14.6 Å². The smallest absolute Gasteiger partial charge is 0.373 e. The molecule has 0 aliphatic rings. The Morgan fingerprint density at radius 2 is 1.90 bits per heavy atom. The van der Waals surface area contributed by atoms with Gasteiger partial charge >= 0.3 is 6.15 Å². The first-order valence-electron chi connectivity index (χ1n) is 10.1. The van der Waals surface area contributed by atoms with E-state index in [1.807, 2.05) is 31.2 Å². The number of H-pyrrole nitrogens is 1. The third-order valence-corrected chi connectivity index (χ3v) is 4.87. The van der Waals surface area contributed by atoms with Gasteiger partial charge in [0.2, 0.25) is 0 Å². The van der Waals surface area contributed by atoms with Crippen molar-refractivity contribution in [2.75, 3.05) is 11.5 Å². The van der Waals surface area contributed by atoms with E-state index in [1.165, 1.54) is 6.07 Å². The maximum atomic E-state index is 14.6. The summed E-state index contributed by atoms with van der Waals surface area (Å²) < 4.78 is 20.2. The average Bonchev–Trinajstić information content (AvgIpc) is 3.05. The molecule has 6 nitrogen and oxygen atoms in total. The molecular formula is C24H26FN3O3. The van der Waals surface area contributed by atoms with Crippen molar-refractivity contribution in [3.05, 3.63) is 53.3 Å². The second-order valence-corrected chi connectivity index (χ2v) is 7.33. The van der Waals surface area contributed by atoms with Crippen molar-refractivity contribution in [3.63, 3.8) is 0 Å². The molecule has 0 bridgehead atoms. The number of ether oxygens (including phenoxy) is 1. The Morgan fingerprint density at radius 1 is 1.19 bits per heavy atom. The topological polar surface area (TPSA) is 86.2 Å². The van der Waals surface area contributed by atoms with E-state index in [1.54, 1.807) is 6.07 Å². The van der Waals surface area contributed by atoms with Crippen LogP contribution in [0.5, 0.6) is 5.75 Å². The van der Waals surface area contributed by atoms with Crippen LogP contribution in [0, 0.1) is 24.1 Å². The molecular weight excluding hydrogens is 397 g/mol. The highest BCUT2D eigenvalue weighted by molar-refractivity contribution is 5.91. The molecule has 2 aromatic carbocycles. The van der Waals surface area contributed by atoms with Gasteiger partial charge in [-0.3, -0.25) is 0 Å². The van der Waals surface area contributed by atoms with E-state index in [9.17, 15) is 4.39 Å². The molecule has 1 N–H and O–H groups in total. The quantitative estimate of drug-likeness (QED) is 0.498. The van der Waals surface area contributed by atoms with Gasteiger partial charge in [-0.25, -0.2) is 4.39 Å². The van der Waals surface area contributed by atoms with E-state index in [4.69, 9.17) is 19.6 Å². The fourth-order valence-electron chi connectivity index (χ4n) is 3.40. The largest absolute Gasteiger partial charge is 0.491 e. The number of nitriles is 1. The van der Waals surface area contributed by atoms with Crippen LogP contribution < -0.4 is 9.64 Å². The monoisotopic (exact) mass is 423 g/mol. The molecule has 1 heterocycles. The number of hydrogen-bond donors (Lipinski definition) is 1. The summed E-state index contributed by atoms with van der Waals surface area (Å²) in [6, 6.07) is 13.0. The number of hydrogen-bond acceptors (Lipinski definition) is 5. The minimum absolute atomic E-state index is 0.105. The van der Waals surface area contributed by atoms with Crippen LogP contribution in [0.2, 0.25) is 0 Å². The second-order valence-electron chi connectivity index (χ2n) is 7.33. The van der Waals surface area contributed by atoms with Gasteiger partial charge in [-0.15, -0.1) is 0 Å². The second kappa shape index (κ2) is 11.0. The molecule has 0 atom stereocenters. The number of aromatic nitrogens is 1. The molecule has 0 amide bonds. The van der Waals surface area contributed by atoms with Gasteiger partial charge in [0, 0.05) is 28.7 Å². The molecule has 0 aliphatic carbocycles. The highest BCUT2D eigenvalue weighted by Crippen LogP contribution is 2.36. The van der Waals surface area contributed by atoms with Crippen molar-refractivity contribution < 1.29 is 18.7 Å². The van der Waals surface area contributed by atoms with Crippen LogP contribution in [-0.4, -0.2) is 23.8 Å². The molecule has 0 spiro atoms. The number of anilines is 2. The molecule has 1 aromatic heterocycles. The van der Waals surface area contributed by atoms with Crippen molar-refractivity contribution in [2.45, 2.75) is 46.6 Å². The first kappa shape index (κ1) is 23.7. The third kappa shape index (κ3) is 5.50. The van der Waals surface area contributed by atoms with Gasteiger partial charge in [0.25, 0.3) is 0 Å². The van der Waals surface area contributed by atoms with Crippen molar-refractivity contribution in [1.82, 2.24) is 4.98 Å². The van der Waals surface area contributed by atoms with E-state index >= 15 is 0 Å². The standard InChI is InChI=1S/C23H26FN3O.CO2/c1-5-6-11-28-22-10-8-18(13-20(22)24)27(15(2)3)23-16(4)19-9-7-17(14-25)12-21(19)26-23;2-1-3/h7-10,12-13,15,26H,5-6,11H2,1-4H3;. The summed E-state index contributed by atoms with van der Waals surface area (Å²) in [6.07, 6.45) is 2.16. The van der Waals surface area contributed by atoms with Crippen molar-refractivity contribution in [1.29, 1.82) is 5.26 Å². The number of aromatic amines is 1. The lowest BCUT2D eigenvalue weighted by Gasteiger charge is -2.29. The number of halogens is 1. The Kier molecular flexibility index (Phi) is 8.36. The Labute approximate surface area is 181 Å². The summed E-state index contributed by atoms with van der Waals surface area (Å²) in [5, 5.41) is 10.2. The predicted molar refractivity (Wildman–Crippen MR) is 117 cm³/mol. The zero-order chi connectivity index (χ0) is 23.0. The number of fused-ring (bicyclic) bond motifs is 1. The lowest BCUT2D eigenvalue weighted by atomic mass is 10.1. The van der Waals surface area contributed by atoms with Gasteiger partial charge in [-0.05, 0) is 57.0 Å². The summed E-state index contributed by atoms with van der Waals surface area (Å²) in [5.74, 6) is 0.826. The summed E-state index contributed by atoms with van der Waals surface area (Å²) >= 11 is 0. The summed E-state index contributed by atoms with van der Waals surface area (Å²) in [5.41, 5.74) is 3.33. The number of carbonyl (C=O) groups excluding carboxylic acids is 2. The maximum Gasteiger partial charge on any atom is 0.373 e. The maximum absolute atomic E-state index is 14.6. The SMILES string of the molecule is CCCCOc1ccc(N(c2[nH]c3cc(C#N)ccc3c2C)C(C)C)cc1F.O=C=O. The summed E-state index contributed by atoms with van der Waals surface area (Å²) in [4.78, 5) is 21.7. The van der Waals surface area contributed by atoms with Gasteiger partial charge in [0.05, 0.1) is 18.2 Å². The Balaban J connectivity index is 0.00000107. The number of benzene rings is 2. The molecule has 0 radical (unpaired) electrons. The molecule has 3 rings (SSSR count). The Hall–Kier alpha value is -3.62. The van der Waals surface area contributed by atoms with Crippen LogP contribution in [0.1, 0.15) is 44.7 Å².